The van der Waals surface area contributed by atoms with Gasteiger partial charge < -0.3 is 15.3 Å². The van der Waals surface area contributed by atoms with Gasteiger partial charge in [0.2, 0.25) is 0 Å². The molecule has 3 N–H and O–H groups in total. The Balaban J connectivity index is 1.71. The van der Waals surface area contributed by atoms with Crippen LogP contribution in [0.2, 0.25) is 0 Å². The molecule has 23 heavy (non-hydrogen) atoms. The monoisotopic (exact) mass is 322 g/mol. The highest BCUT2D eigenvalue weighted by Crippen LogP contribution is 2.72. The molecule has 0 amide bonds. The number of hydrogen-bond donors (Lipinski definition) is 3. The summed E-state index contributed by atoms with van der Waals surface area (Å²) in [7, 11) is 0. The van der Waals surface area contributed by atoms with Gasteiger partial charge >= 0.3 is 0 Å². The smallest absolute Gasteiger partial charge is 0.0910 e. The van der Waals surface area contributed by atoms with E-state index in [1.165, 1.54) is 32.1 Å². The largest absolute Gasteiger partial charge is 0.396 e. The van der Waals surface area contributed by atoms with E-state index in [0.717, 1.165) is 25.7 Å². The predicted molar refractivity (Wildman–Crippen MR) is 89.8 cm³/mol. The highest BCUT2D eigenvalue weighted by molar-refractivity contribution is 5.16. The van der Waals surface area contributed by atoms with Crippen LogP contribution in [0.1, 0.15) is 71.6 Å². The van der Waals surface area contributed by atoms with Crippen molar-refractivity contribution in [3.05, 3.63) is 0 Å². The van der Waals surface area contributed by atoms with Gasteiger partial charge in [-0.25, -0.2) is 0 Å². The van der Waals surface area contributed by atoms with E-state index >= 15 is 0 Å². The SMILES string of the molecule is C[C@@]1(CO)CCC[C@]2(C)[C@@H]1CC[C@@]13C[C@@H](CC[C@H]12)[C@@](O)(CO)C3. The molecule has 0 heterocycles. The van der Waals surface area contributed by atoms with Gasteiger partial charge in [0.15, 0.2) is 0 Å². The van der Waals surface area contributed by atoms with E-state index in [0.29, 0.717) is 29.8 Å². The number of hydrogen-bond acceptors (Lipinski definition) is 3. The van der Waals surface area contributed by atoms with Crippen LogP contribution in [0, 0.1) is 34.0 Å². The second kappa shape index (κ2) is 4.95. The molecule has 1 spiro atoms. The Bertz CT molecular complexity index is 493. The molecule has 4 saturated carbocycles. The maximum absolute atomic E-state index is 10.9. The van der Waals surface area contributed by atoms with Gasteiger partial charge in [-0.3, -0.25) is 0 Å². The fourth-order valence-electron chi connectivity index (χ4n) is 8.13. The van der Waals surface area contributed by atoms with E-state index in [-0.39, 0.29) is 17.4 Å². The normalized spacial score (nSPS) is 58.6. The lowest BCUT2D eigenvalue weighted by Crippen LogP contribution is -2.57. The Morgan fingerprint density at radius 3 is 2.39 bits per heavy atom. The summed E-state index contributed by atoms with van der Waals surface area (Å²) in [5.41, 5.74) is -0.191. The molecule has 4 aliphatic carbocycles. The maximum Gasteiger partial charge on any atom is 0.0910 e. The first-order valence-electron chi connectivity index (χ1n) is 9.76. The summed E-state index contributed by atoms with van der Waals surface area (Å²) in [6.07, 6.45) is 10.3. The standard InChI is InChI=1S/C20H34O3/c1-17(12-21)7-3-8-18(2)15(17)6-9-19-10-14(4-5-16(18)19)20(23,11-19)13-22/h14-16,21-23H,3-13H2,1-2H3/t14-,15-,16+,17+,18-,19+,20+/m1/s1. The summed E-state index contributed by atoms with van der Waals surface area (Å²) in [4.78, 5) is 0. The minimum absolute atomic E-state index is 0.0688. The zero-order chi connectivity index (χ0) is 16.5. The van der Waals surface area contributed by atoms with Gasteiger partial charge in [0.1, 0.15) is 0 Å². The molecular formula is C20H34O3. The Hall–Kier alpha value is -0.120. The summed E-state index contributed by atoms with van der Waals surface area (Å²) < 4.78 is 0. The van der Waals surface area contributed by atoms with Gasteiger partial charge in [0, 0.05) is 6.61 Å². The van der Waals surface area contributed by atoms with Gasteiger partial charge in [-0.1, -0.05) is 20.3 Å². The van der Waals surface area contributed by atoms with Crippen LogP contribution in [0.25, 0.3) is 0 Å². The van der Waals surface area contributed by atoms with Gasteiger partial charge in [0.05, 0.1) is 12.2 Å². The topological polar surface area (TPSA) is 60.7 Å². The molecule has 2 bridgehead atoms. The Kier molecular flexibility index (Phi) is 3.52. The molecule has 0 saturated heterocycles. The summed E-state index contributed by atoms with van der Waals surface area (Å²) in [5.74, 6) is 1.58. The number of fused-ring (bicyclic) bond motifs is 3. The third-order valence-electron chi connectivity index (χ3n) is 9.08. The number of aliphatic hydroxyl groups is 3. The lowest BCUT2D eigenvalue weighted by atomic mass is 9.41. The average molecular weight is 322 g/mol. The molecule has 3 nitrogen and oxygen atoms in total. The van der Waals surface area contributed by atoms with Crippen molar-refractivity contribution >= 4 is 0 Å². The lowest BCUT2D eigenvalue weighted by Gasteiger charge is -2.64. The first-order chi connectivity index (χ1) is 10.8. The second-order valence-corrected chi connectivity index (χ2v) is 10.1. The van der Waals surface area contributed by atoms with Gasteiger partial charge in [-0.2, -0.15) is 0 Å². The van der Waals surface area contributed by atoms with E-state index in [2.05, 4.69) is 13.8 Å². The molecule has 0 aromatic rings. The molecule has 0 radical (unpaired) electrons. The third kappa shape index (κ3) is 1.99. The Morgan fingerprint density at radius 2 is 1.70 bits per heavy atom. The van der Waals surface area contributed by atoms with E-state index in [1.807, 2.05) is 0 Å². The molecular weight excluding hydrogens is 288 g/mol. The molecule has 4 fully saturated rings. The number of rotatable bonds is 2. The van der Waals surface area contributed by atoms with Crippen LogP contribution >= 0.6 is 0 Å². The van der Waals surface area contributed by atoms with Crippen LogP contribution in [0.5, 0.6) is 0 Å². The van der Waals surface area contributed by atoms with Crippen LogP contribution in [0.4, 0.5) is 0 Å². The van der Waals surface area contributed by atoms with E-state index in [4.69, 9.17) is 0 Å². The van der Waals surface area contributed by atoms with Gasteiger partial charge in [-0.05, 0) is 85.4 Å². The van der Waals surface area contributed by atoms with Crippen LogP contribution in [0.15, 0.2) is 0 Å². The zero-order valence-electron chi connectivity index (χ0n) is 14.9. The van der Waals surface area contributed by atoms with Gasteiger partial charge in [-0.15, -0.1) is 0 Å². The first-order valence-corrected chi connectivity index (χ1v) is 9.76. The molecule has 0 aromatic carbocycles. The van der Waals surface area contributed by atoms with Gasteiger partial charge in [0.25, 0.3) is 0 Å². The van der Waals surface area contributed by atoms with Crippen LogP contribution in [-0.2, 0) is 0 Å². The fraction of sp³-hybridized carbons (Fsp3) is 1.00. The number of aliphatic hydroxyl groups excluding tert-OH is 2. The van der Waals surface area contributed by atoms with E-state index in [9.17, 15) is 15.3 Å². The van der Waals surface area contributed by atoms with Crippen molar-refractivity contribution in [1.82, 2.24) is 0 Å². The molecule has 0 aliphatic heterocycles. The van der Waals surface area contributed by atoms with Crippen molar-refractivity contribution in [3.63, 3.8) is 0 Å². The molecule has 0 unspecified atom stereocenters. The zero-order valence-corrected chi connectivity index (χ0v) is 14.9. The quantitative estimate of drug-likeness (QED) is 0.732. The van der Waals surface area contributed by atoms with Crippen molar-refractivity contribution in [1.29, 1.82) is 0 Å². The molecule has 0 aromatic heterocycles. The van der Waals surface area contributed by atoms with Crippen LogP contribution in [-0.4, -0.2) is 34.1 Å². The van der Waals surface area contributed by atoms with Crippen molar-refractivity contribution in [2.75, 3.05) is 13.2 Å². The summed E-state index contributed by atoms with van der Waals surface area (Å²) in [5, 5.41) is 30.8. The summed E-state index contributed by atoms with van der Waals surface area (Å²) in [6, 6.07) is 0. The molecule has 7 atom stereocenters. The Morgan fingerprint density at radius 1 is 0.913 bits per heavy atom. The van der Waals surface area contributed by atoms with Crippen molar-refractivity contribution in [2.45, 2.75) is 77.2 Å². The summed E-state index contributed by atoms with van der Waals surface area (Å²) in [6.45, 7) is 5.04. The van der Waals surface area contributed by atoms with Crippen LogP contribution in [0.3, 0.4) is 0 Å². The van der Waals surface area contributed by atoms with Crippen molar-refractivity contribution < 1.29 is 15.3 Å². The van der Waals surface area contributed by atoms with Crippen molar-refractivity contribution in [2.24, 2.45) is 34.0 Å². The second-order valence-electron chi connectivity index (χ2n) is 10.1. The summed E-state index contributed by atoms with van der Waals surface area (Å²) >= 11 is 0. The van der Waals surface area contributed by atoms with E-state index in [1.54, 1.807) is 0 Å². The molecule has 4 aliphatic rings. The minimum atomic E-state index is -0.826. The first kappa shape index (κ1) is 16.4. The minimum Gasteiger partial charge on any atom is -0.396 e. The third-order valence-corrected chi connectivity index (χ3v) is 9.08. The molecule has 3 heteroatoms. The highest BCUT2D eigenvalue weighted by atomic mass is 16.3. The molecule has 132 valence electrons. The Labute approximate surface area is 140 Å². The molecule has 4 rings (SSSR count). The fourth-order valence-corrected chi connectivity index (χ4v) is 8.13. The van der Waals surface area contributed by atoms with E-state index < -0.39 is 5.60 Å². The maximum atomic E-state index is 10.9. The lowest BCUT2D eigenvalue weighted by molar-refractivity contribution is -0.159. The van der Waals surface area contributed by atoms with Crippen LogP contribution < -0.4 is 0 Å². The predicted octanol–water partition coefficient (Wildman–Crippen LogP) is 3.12. The highest BCUT2D eigenvalue weighted by Gasteiger charge is 2.67. The van der Waals surface area contributed by atoms with Crippen molar-refractivity contribution in [3.8, 4) is 0 Å². The average Bonchev–Trinajstić information content (AvgIpc) is 2.74.